The molecule has 1 heterocycles. The molecule has 3 heteroatoms. The normalized spacial score (nSPS) is 33.8. The summed E-state index contributed by atoms with van der Waals surface area (Å²) >= 11 is 0. The van der Waals surface area contributed by atoms with Gasteiger partial charge in [-0.3, -0.25) is 4.90 Å². The molecule has 1 aromatic rings. The summed E-state index contributed by atoms with van der Waals surface area (Å²) in [6.07, 6.45) is 5.36. The number of benzene rings is 1. The number of ether oxygens (including phenoxy) is 1. The lowest BCUT2D eigenvalue weighted by atomic mass is 9.67. The molecule has 1 saturated heterocycles. The fourth-order valence-electron chi connectivity index (χ4n) is 4.15. The van der Waals surface area contributed by atoms with Crippen LogP contribution in [0.1, 0.15) is 38.2 Å². The summed E-state index contributed by atoms with van der Waals surface area (Å²) in [5.74, 6) is 0.991. The Balaban J connectivity index is 0.00000133. The number of halogens is 1. The number of hydrogen-bond acceptors (Lipinski definition) is 2. The maximum Gasteiger partial charge on any atom is 0.119 e. The molecular formula is C16H24BrNO. The molecule has 1 aliphatic heterocycles. The number of nitrogens with zero attached hydrogens (tertiary/aromatic N) is 1. The third-order valence-electron chi connectivity index (χ3n) is 5.39. The van der Waals surface area contributed by atoms with E-state index >= 15 is 0 Å². The second kappa shape index (κ2) is 5.45. The van der Waals surface area contributed by atoms with Gasteiger partial charge in [-0.1, -0.05) is 18.6 Å². The SMILES string of the molecule is Br.COc1cccc(C23CCCC(C2)N(C)C3C)c1. The minimum absolute atomic E-state index is 0. The average Bonchev–Trinajstić information content (AvgIpc) is 2.61. The Labute approximate surface area is 126 Å². The maximum absolute atomic E-state index is 5.40. The van der Waals surface area contributed by atoms with Gasteiger partial charge in [-0.05, 0) is 50.9 Å². The van der Waals surface area contributed by atoms with Gasteiger partial charge in [0.15, 0.2) is 0 Å². The summed E-state index contributed by atoms with van der Waals surface area (Å²) in [7, 11) is 4.05. The number of fused-ring (bicyclic) bond motifs is 2. The van der Waals surface area contributed by atoms with Crippen molar-refractivity contribution < 1.29 is 4.74 Å². The maximum atomic E-state index is 5.40. The molecule has 1 aromatic carbocycles. The zero-order valence-corrected chi connectivity index (χ0v) is 13.8. The van der Waals surface area contributed by atoms with Gasteiger partial charge in [-0.15, -0.1) is 17.0 Å². The van der Waals surface area contributed by atoms with E-state index in [4.69, 9.17) is 4.74 Å². The average molecular weight is 326 g/mol. The number of methoxy groups -OCH3 is 1. The highest BCUT2D eigenvalue weighted by Crippen LogP contribution is 2.51. The van der Waals surface area contributed by atoms with Crippen LogP contribution in [-0.4, -0.2) is 31.1 Å². The largest absolute Gasteiger partial charge is 0.497 e. The van der Waals surface area contributed by atoms with Crippen molar-refractivity contribution in [2.45, 2.75) is 50.1 Å². The molecule has 0 N–H and O–H groups in total. The fourth-order valence-corrected chi connectivity index (χ4v) is 4.15. The van der Waals surface area contributed by atoms with Gasteiger partial charge in [-0.25, -0.2) is 0 Å². The zero-order chi connectivity index (χ0) is 12.8. The van der Waals surface area contributed by atoms with E-state index in [0.717, 1.165) is 11.8 Å². The van der Waals surface area contributed by atoms with Crippen LogP contribution in [0.15, 0.2) is 24.3 Å². The molecule has 1 aliphatic carbocycles. The molecule has 0 radical (unpaired) electrons. The highest BCUT2D eigenvalue weighted by Gasteiger charge is 2.51. The summed E-state index contributed by atoms with van der Waals surface area (Å²) in [4.78, 5) is 2.59. The fraction of sp³-hybridized carbons (Fsp3) is 0.625. The van der Waals surface area contributed by atoms with Crippen LogP contribution in [0.5, 0.6) is 5.75 Å². The third-order valence-corrected chi connectivity index (χ3v) is 5.39. The Morgan fingerprint density at radius 3 is 2.89 bits per heavy atom. The molecule has 2 aliphatic rings. The quantitative estimate of drug-likeness (QED) is 0.820. The summed E-state index contributed by atoms with van der Waals surface area (Å²) in [6.45, 7) is 2.39. The summed E-state index contributed by atoms with van der Waals surface area (Å²) < 4.78 is 5.40. The molecule has 3 unspecified atom stereocenters. The van der Waals surface area contributed by atoms with E-state index in [9.17, 15) is 0 Å². The first kappa shape index (κ1) is 14.9. The summed E-state index contributed by atoms with van der Waals surface area (Å²) in [5, 5.41) is 0. The second-order valence-electron chi connectivity index (χ2n) is 5.98. The highest BCUT2D eigenvalue weighted by atomic mass is 79.9. The van der Waals surface area contributed by atoms with Crippen molar-refractivity contribution >= 4 is 17.0 Å². The molecule has 0 amide bonds. The van der Waals surface area contributed by atoms with Crippen molar-refractivity contribution in [3.8, 4) is 5.75 Å². The predicted octanol–water partition coefficient (Wildman–Crippen LogP) is 3.79. The molecule has 1 saturated carbocycles. The minimum atomic E-state index is 0. The van der Waals surface area contributed by atoms with Crippen molar-refractivity contribution in [2.75, 3.05) is 14.2 Å². The molecule has 2 fully saturated rings. The Kier molecular flexibility index (Phi) is 4.26. The molecular weight excluding hydrogens is 302 g/mol. The standard InChI is InChI=1S/C16H23NO.BrH/c1-12-16(9-5-7-14(11-16)17(12)2)13-6-4-8-15(10-13)18-3;/h4,6,8,10,12,14H,5,7,9,11H2,1-3H3;1H. The number of likely N-dealkylation sites (N-methyl/N-ethyl adjacent to an activating group) is 1. The van der Waals surface area contributed by atoms with E-state index in [2.05, 4.69) is 37.1 Å². The lowest BCUT2D eigenvalue weighted by Gasteiger charge is -2.36. The van der Waals surface area contributed by atoms with E-state index in [1.165, 1.54) is 31.2 Å². The van der Waals surface area contributed by atoms with Gasteiger partial charge >= 0.3 is 0 Å². The van der Waals surface area contributed by atoms with E-state index < -0.39 is 0 Å². The first-order valence-corrected chi connectivity index (χ1v) is 7.04. The molecule has 3 atom stereocenters. The third kappa shape index (κ3) is 2.21. The van der Waals surface area contributed by atoms with E-state index in [1.54, 1.807) is 7.11 Å². The zero-order valence-electron chi connectivity index (χ0n) is 12.1. The number of hydrogen-bond donors (Lipinski definition) is 0. The molecule has 106 valence electrons. The van der Waals surface area contributed by atoms with E-state index in [-0.39, 0.29) is 17.0 Å². The summed E-state index contributed by atoms with van der Waals surface area (Å²) in [5.41, 5.74) is 1.83. The van der Waals surface area contributed by atoms with Gasteiger partial charge in [-0.2, -0.15) is 0 Å². The lowest BCUT2D eigenvalue weighted by molar-refractivity contribution is 0.239. The van der Waals surface area contributed by atoms with Crippen LogP contribution < -0.4 is 4.74 Å². The van der Waals surface area contributed by atoms with Crippen LogP contribution in [0.4, 0.5) is 0 Å². The van der Waals surface area contributed by atoms with E-state index in [1.807, 2.05) is 6.07 Å². The molecule has 3 rings (SSSR count). The van der Waals surface area contributed by atoms with Crippen LogP contribution in [-0.2, 0) is 5.41 Å². The van der Waals surface area contributed by atoms with Gasteiger partial charge in [0, 0.05) is 17.5 Å². The van der Waals surface area contributed by atoms with Crippen molar-refractivity contribution in [3.05, 3.63) is 29.8 Å². The predicted molar refractivity (Wildman–Crippen MR) is 84.5 cm³/mol. The van der Waals surface area contributed by atoms with Gasteiger partial charge in [0.05, 0.1) is 7.11 Å². The summed E-state index contributed by atoms with van der Waals surface area (Å²) in [6, 6.07) is 10.1. The number of likely N-dealkylation sites (tertiary alicyclic amines) is 1. The second-order valence-corrected chi connectivity index (χ2v) is 5.98. The lowest BCUT2D eigenvalue weighted by Crippen LogP contribution is -2.38. The van der Waals surface area contributed by atoms with Crippen LogP contribution in [0.2, 0.25) is 0 Å². The van der Waals surface area contributed by atoms with Crippen LogP contribution >= 0.6 is 17.0 Å². The molecule has 0 aromatic heterocycles. The Morgan fingerprint density at radius 2 is 2.16 bits per heavy atom. The smallest absolute Gasteiger partial charge is 0.119 e. The van der Waals surface area contributed by atoms with Gasteiger partial charge in [0.1, 0.15) is 5.75 Å². The Morgan fingerprint density at radius 1 is 1.37 bits per heavy atom. The van der Waals surface area contributed by atoms with Crippen molar-refractivity contribution in [1.29, 1.82) is 0 Å². The Bertz CT molecular complexity index is 450. The molecule has 19 heavy (non-hydrogen) atoms. The molecule has 0 spiro atoms. The van der Waals surface area contributed by atoms with E-state index in [0.29, 0.717) is 11.5 Å². The van der Waals surface area contributed by atoms with Crippen molar-refractivity contribution in [3.63, 3.8) is 0 Å². The minimum Gasteiger partial charge on any atom is -0.497 e. The first-order chi connectivity index (χ1) is 8.67. The van der Waals surface area contributed by atoms with Gasteiger partial charge < -0.3 is 4.74 Å². The topological polar surface area (TPSA) is 12.5 Å². The van der Waals surface area contributed by atoms with Crippen LogP contribution in [0.3, 0.4) is 0 Å². The first-order valence-electron chi connectivity index (χ1n) is 7.04. The van der Waals surface area contributed by atoms with Crippen LogP contribution in [0, 0.1) is 0 Å². The Hall–Kier alpha value is -0.540. The van der Waals surface area contributed by atoms with Crippen molar-refractivity contribution in [2.24, 2.45) is 0 Å². The number of rotatable bonds is 2. The van der Waals surface area contributed by atoms with Crippen LogP contribution in [0.25, 0.3) is 0 Å². The monoisotopic (exact) mass is 325 g/mol. The van der Waals surface area contributed by atoms with Gasteiger partial charge in [0.25, 0.3) is 0 Å². The van der Waals surface area contributed by atoms with Gasteiger partial charge in [0.2, 0.25) is 0 Å². The highest BCUT2D eigenvalue weighted by molar-refractivity contribution is 8.93. The molecule has 2 bridgehead atoms. The molecule has 2 nitrogen and oxygen atoms in total. The van der Waals surface area contributed by atoms with Crippen molar-refractivity contribution in [1.82, 2.24) is 4.90 Å².